The molecule has 0 heterocycles. The standard InChI is InChI=1S/C9H18O2/c1-3-8(2)4-6-9(10,11)7-5-8/h10-11H,3-7H2,1-2H3. The summed E-state index contributed by atoms with van der Waals surface area (Å²) >= 11 is 0. The van der Waals surface area contributed by atoms with Crippen LogP contribution in [0.5, 0.6) is 0 Å². The summed E-state index contributed by atoms with van der Waals surface area (Å²) < 4.78 is 0. The molecule has 2 heteroatoms. The maximum atomic E-state index is 9.26. The van der Waals surface area contributed by atoms with Crippen LogP contribution in [-0.2, 0) is 0 Å². The van der Waals surface area contributed by atoms with Crippen molar-refractivity contribution in [1.29, 1.82) is 0 Å². The van der Waals surface area contributed by atoms with Gasteiger partial charge in [-0.3, -0.25) is 0 Å². The second-order valence-electron chi connectivity index (χ2n) is 4.15. The normalized spacial score (nSPS) is 28.4. The first-order valence-corrected chi connectivity index (χ1v) is 4.42. The molecule has 0 radical (unpaired) electrons. The van der Waals surface area contributed by atoms with Gasteiger partial charge in [0.2, 0.25) is 0 Å². The quantitative estimate of drug-likeness (QED) is 0.570. The van der Waals surface area contributed by atoms with Crippen LogP contribution in [0.15, 0.2) is 0 Å². The summed E-state index contributed by atoms with van der Waals surface area (Å²) in [5, 5.41) is 18.5. The van der Waals surface area contributed by atoms with Crippen molar-refractivity contribution in [2.24, 2.45) is 5.41 Å². The minimum absolute atomic E-state index is 0.356. The third-order valence-corrected chi connectivity index (χ3v) is 3.11. The first-order valence-electron chi connectivity index (χ1n) is 4.42. The van der Waals surface area contributed by atoms with Crippen LogP contribution in [-0.4, -0.2) is 16.0 Å². The molecule has 0 bridgehead atoms. The zero-order valence-electron chi connectivity index (χ0n) is 7.43. The zero-order valence-corrected chi connectivity index (χ0v) is 7.43. The molecule has 0 aliphatic heterocycles. The average Bonchev–Trinajstić information content (AvgIpc) is 1.97. The van der Waals surface area contributed by atoms with E-state index in [1.54, 1.807) is 0 Å². The Morgan fingerprint density at radius 3 is 1.91 bits per heavy atom. The summed E-state index contributed by atoms with van der Waals surface area (Å²) in [5.74, 6) is -1.37. The summed E-state index contributed by atoms with van der Waals surface area (Å²) in [7, 11) is 0. The second-order valence-corrected chi connectivity index (χ2v) is 4.15. The Balaban J connectivity index is 2.48. The SMILES string of the molecule is CCC1(C)CCC(O)(O)CC1. The molecule has 1 aliphatic rings. The van der Waals surface area contributed by atoms with Crippen molar-refractivity contribution in [1.82, 2.24) is 0 Å². The summed E-state index contributed by atoms with van der Waals surface area (Å²) in [4.78, 5) is 0. The van der Waals surface area contributed by atoms with Crippen molar-refractivity contribution in [3.8, 4) is 0 Å². The smallest absolute Gasteiger partial charge is 0.162 e. The summed E-state index contributed by atoms with van der Waals surface area (Å²) in [6, 6.07) is 0. The molecule has 11 heavy (non-hydrogen) atoms. The number of hydrogen-bond acceptors (Lipinski definition) is 2. The van der Waals surface area contributed by atoms with Crippen LogP contribution in [0.4, 0.5) is 0 Å². The third kappa shape index (κ3) is 2.17. The van der Waals surface area contributed by atoms with Gasteiger partial charge in [-0.2, -0.15) is 0 Å². The molecule has 1 aliphatic carbocycles. The maximum Gasteiger partial charge on any atom is 0.162 e. The van der Waals surface area contributed by atoms with Crippen LogP contribution in [0.25, 0.3) is 0 Å². The van der Waals surface area contributed by atoms with E-state index >= 15 is 0 Å². The molecule has 0 aromatic rings. The first kappa shape index (κ1) is 9.01. The molecule has 66 valence electrons. The lowest BCUT2D eigenvalue weighted by atomic mass is 9.72. The van der Waals surface area contributed by atoms with Gasteiger partial charge in [0.25, 0.3) is 0 Å². The van der Waals surface area contributed by atoms with Gasteiger partial charge in [0.1, 0.15) is 0 Å². The molecule has 0 saturated heterocycles. The summed E-state index contributed by atoms with van der Waals surface area (Å²) in [6.45, 7) is 4.39. The van der Waals surface area contributed by atoms with Crippen molar-refractivity contribution >= 4 is 0 Å². The molecule has 0 amide bonds. The molecular weight excluding hydrogens is 140 g/mol. The molecule has 1 rings (SSSR count). The molecular formula is C9H18O2. The highest BCUT2D eigenvalue weighted by atomic mass is 16.5. The fraction of sp³-hybridized carbons (Fsp3) is 1.00. The van der Waals surface area contributed by atoms with Gasteiger partial charge in [-0.25, -0.2) is 0 Å². The molecule has 1 saturated carbocycles. The lowest BCUT2D eigenvalue weighted by molar-refractivity contribution is -0.194. The first-order chi connectivity index (χ1) is 4.97. The van der Waals surface area contributed by atoms with Gasteiger partial charge in [-0.15, -0.1) is 0 Å². The van der Waals surface area contributed by atoms with Crippen molar-refractivity contribution in [2.75, 3.05) is 0 Å². The predicted octanol–water partition coefficient (Wildman–Crippen LogP) is 1.66. The van der Waals surface area contributed by atoms with Crippen LogP contribution >= 0.6 is 0 Å². The predicted molar refractivity (Wildman–Crippen MR) is 44.0 cm³/mol. The highest BCUT2D eigenvalue weighted by molar-refractivity contribution is 4.83. The lowest BCUT2D eigenvalue weighted by Crippen LogP contribution is -2.37. The molecule has 2 N–H and O–H groups in total. The Labute approximate surface area is 68.2 Å². The van der Waals surface area contributed by atoms with E-state index in [-0.39, 0.29) is 0 Å². The van der Waals surface area contributed by atoms with Crippen LogP contribution < -0.4 is 0 Å². The van der Waals surface area contributed by atoms with Gasteiger partial charge >= 0.3 is 0 Å². The zero-order chi connectivity index (χ0) is 8.54. The highest BCUT2D eigenvalue weighted by Crippen LogP contribution is 2.41. The number of rotatable bonds is 1. The minimum Gasteiger partial charge on any atom is -0.366 e. The Bertz CT molecular complexity index is 130. The molecule has 0 aromatic heterocycles. The lowest BCUT2D eigenvalue weighted by Gasteiger charge is -2.38. The van der Waals surface area contributed by atoms with E-state index in [0.717, 1.165) is 19.3 Å². The minimum atomic E-state index is -1.37. The van der Waals surface area contributed by atoms with Gasteiger partial charge < -0.3 is 10.2 Å². The van der Waals surface area contributed by atoms with Gasteiger partial charge in [-0.1, -0.05) is 20.3 Å². The molecule has 0 unspecified atom stereocenters. The van der Waals surface area contributed by atoms with Crippen molar-refractivity contribution in [3.63, 3.8) is 0 Å². The van der Waals surface area contributed by atoms with Gasteiger partial charge in [-0.05, 0) is 18.3 Å². The van der Waals surface area contributed by atoms with Crippen LogP contribution in [0.1, 0.15) is 46.0 Å². The van der Waals surface area contributed by atoms with E-state index < -0.39 is 5.79 Å². The van der Waals surface area contributed by atoms with E-state index in [4.69, 9.17) is 0 Å². The highest BCUT2D eigenvalue weighted by Gasteiger charge is 2.36. The van der Waals surface area contributed by atoms with E-state index in [1.807, 2.05) is 0 Å². The molecule has 2 nitrogen and oxygen atoms in total. The monoisotopic (exact) mass is 158 g/mol. The third-order valence-electron chi connectivity index (χ3n) is 3.11. The summed E-state index contributed by atoms with van der Waals surface area (Å²) in [6.07, 6.45) is 4.10. The van der Waals surface area contributed by atoms with Crippen molar-refractivity contribution < 1.29 is 10.2 Å². The Morgan fingerprint density at radius 2 is 1.55 bits per heavy atom. The van der Waals surface area contributed by atoms with E-state index in [2.05, 4.69) is 13.8 Å². The van der Waals surface area contributed by atoms with Gasteiger partial charge in [0, 0.05) is 12.8 Å². The van der Waals surface area contributed by atoms with Crippen molar-refractivity contribution in [3.05, 3.63) is 0 Å². The fourth-order valence-electron chi connectivity index (χ4n) is 1.61. The van der Waals surface area contributed by atoms with Crippen LogP contribution in [0.3, 0.4) is 0 Å². The fourth-order valence-corrected chi connectivity index (χ4v) is 1.61. The Morgan fingerprint density at radius 1 is 1.09 bits per heavy atom. The molecule has 0 spiro atoms. The topological polar surface area (TPSA) is 40.5 Å². The van der Waals surface area contributed by atoms with E-state index in [9.17, 15) is 10.2 Å². The summed E-state index contributed by atoms with van der Waals surface area (Å²) in [5.41, 5.74) is 0.356. The molecule has 1 fully saturated rings. The molecule has 0 aromatic carbocycles. The second kappa shape index (κ2) is 2.76. The van der Waals surface area contributed by atoms with Gasteiger partial charge in [0.05, 0.1) is 0 Å². The Hall–Kier alpha value is -0.0800. The largest absolute Gasteiger partial charge is 0.366 e. The van der Waals surface area contributed by atoms with Crippen LogP contribution in [0, 0.1) is 5.41 Å². The van der Waals surface area contributed by atoms with Crippen LogP contribution in [0.2, 0.25) is 0 Å². The Kier molecular flexibility index (Phi) is 2.26. The van der Waals surface area contributed by atoms with E-state index in [1.165, 1.54) is 0 Å². The van der Waals surface area contributed by atoms with Crippen molar-refractivity contribution in [2.45, 2.75) is 51.7 Å². The maximum absolute atomic E-state index is 9.26. The number of hydrogen-bond donors (Lipinski definition) is 2. The van der Waals surface area contributed by atoms with E-state index in [0.29, 0.717) is 18.3 Å². The van der Waals surface area contributed by atoms with Gasteiger partial charge in [0.15, 0.2) is 5.79 Å². The number of aliphatic hydroxyl groups is 2. The molecule has 0 atom stereocenters. The average molecular weight is 158 g/mol.